The third-order valence-corrected chi connectivity index (χ3v) is 4.18. The molecule has 0 fully saturated rings. The summed E-state index contributed by atoms with van der Waals surface area (Å²) in [5, 5.41) is 0. The van der Waals surface area contributed by atoms with Crippen LogP contribution in [0.15, 0.2) is 72.3 Å². The van der Waals surface area contributed by atoms with Crippen LogP contribution in [0.5, 0.6) is 5.75 Å². The monoisotopic (exact) mass is 305 g/mol. The van der Waals surface area contributed by atoms with E-state index in [9.17, 15) is 0 Å². The third-order valence-electron chi connectivity index (χ3n) is 4.18. The first-order valence-electron chi connectivity index (χ1n) is 8.11. The Hall–Kier alpha value is -2.32. The highest BCUT2D eigenvalue weighted by molar-refractivity contribution is 5.54. The number of ether oxygens (including phenoxy) is 1. The van der Waals surface area contributed by atoms with E-state index in [4.69, 9.17) is 4.74 Å². The lowest BCUT2D eigenvalue weighted by molar-refractivity contribution is 0.287. The van der Waals surface area contributed by atoms with Crippen LogP contribution in [0.25, 0.3) is 6.08 Å². The molecule has 1 aliphatic rings. The maximum absolute atomic E-state index is 5.18. The lowest BCUT2D eigenvalue weighted by Crippen LogP contribution is -2.27. The second-order valence-electron chi connectivity index (χ2n) is 5.86. The molecule has 0 amide bonds. The first kappa shape index (κ1) is 15.6. The zero-order valence-electron chi connectivity index (χ0n) is 13.6. The highest BCUT2D eigenvalue weighted by Gasteiger charge is 2.10. The van der Waals surface area contributed by atoms with Crippen molar-refractivity contribution in [1.82, 2.24) is 4.90 Å². The molecule has 0 saturated carbocycles. The number of hydrogen-bond acceptors (Lipinski definition) is 2. The van der Waals surface area contributed by atoms with Crippen molar-refractivity contribution in [1.29, 1.82) is 0 Å². The molecule has 0 spiro atoms. The predicted molar refractivity (Wildman–Crippen MR) is 96.4 cm³/mol. The van der Waals surface area contributed by atoms with Crippen LogP contribution in [0.1, 0.15) is 17.5 Å². The first-order valence-corrected chi connectivity index (χ1v) is 8.11. The van der Waals surface area contributed by atoms with E-state index in [1.165, 1.54) is 16.7 Å². The molecule has 0 N–H and O–H groups in total. The third kappa shape index (κ3) is 4.57. The molecule has 2 heteroatoms. The maximum atomic E-state index is 5.18. The summed E-state index contributed by atoms with van der Waals surface area (Å²) in [4.78, 5) is 2.49. The smallest absolute Gasteiger partial charge is 0.118 e. The number of allylic oxidation sites excluding steroid dienone is 1. The molecular weight excluding hydrogens is 282 g/mol. The Morgan fingerprint density at radius 2 is 1.78 bits per heavy atom. The minimum atomic E-state index is 0.899. The van der Waals surface area contributed by atoms with Crippen molar-refractivity contribution in [2.24, 2.45) is 0 Å². The predicted octanol–water partition coefficient (Wildman–Crippen LogP) is 4.54. The number of hydrogen-bond donors (Lipinski definition) is 0. The molecule has 0 aliphatic carbocycles. The van der Waals surface area contributed by atoms with Gasteiger partial charge in [0.05, 0.1) is 7.11 Å². The fraction of sp³-hybridized carbons (Fsp3) is 0.238. The first-order chi connectivity index (χ1) is 11.3. The van der Waals surface area contributed by atoms with Gasteiger partial charge in [-0.1, -0.05) is 60.7 Å². The quantitative estimate of drug-likeness (QED) is 0.804. The Balaban J connectivity index is 1.55. The summed E-state index contributed by atoms with van der Waals surface area (Å²) in [6.07, 6.45) is 7.87. The standard InChI is InChI=1S/C21H23NO/c1-23-21-11-9-18(10-12-21)7-8-19-13-15-22(16-14-19)17-20-5-3-2-4-6-20/h2-13H,14-17H2,1H3. The van der Waals surface area contributed by atoms with Crippen LogP contribution < -0.4 is 4.74 Å². The van der Waals surface area contributed by atoms with E-state index in [0.717, 1.165) is 31.8 Å². The van der Waals surface area contributed by atoms with Crippen LogP contribution in [0.4, 0.5) is 0 Å². The SMILES string of the molecule is COc1ccc(C=CC2=CCN(Cc3ccccc3)CC2)cc1. The van der Waals surface area contributed by atoms with Crippen LogP contribution in [0.2, 0.25) is 0 Å². The maximum Gasteiger partial charge on any atom is 0.118 e. The summed E-state index contributed by atoms with van der Waals surface area (Å²) in [5.74, 6) is 0.899. The van der Waals surface area contributed by atoms with E-state index in [-0.39, 0.29) is 0 Å². The fourth-order valence-corrected chi connectivity index (χ4v) is 2.78. The average Bonchev–Trinajstić information content (AvgIpc) is 2.62. The largest absolute Gasteiger partial charge is 0.497 e. The van der Waals surface area contributed by atoms with Crippen LogP contribution in [-0.2, 0) is 6.54 Å². The van der Waals surface area contributed by atoms with E-state index in [1.54, 1.807) is 7.11 Å². The van der Waals surface area contributed by atoms with Gasteiger partial charge in [0.1, 0.15) is 5.75 Å². The van der Waals surface area contributed by atoms with Crippen LogP contribution in [-0.4, -0.2) is 25.1 Å². The van der Waals surface area contributed by atoms with Crippen molar-refractivity contribution in [2.75, 3.05) is 20.2 Å². The molecule has 0 unspecified atom stereocenters. The average molecular weight is 305 g/mol. The molecule has 1 aliphatic heterocycles. The van der Waals surface area contributed by atoms with Crippen molar-refractivity contribution in [3.8, 4) is 5.75 Å². The van der Waals surface area contributed by atoms with Gasteiger partial charge >= 0.3 is 0 Å². The number of benzene rings is 2. The summed E-state index contributed by atoms with van der Waals surface area (Å²) in [6, 6.07) is 18.8. The van der Waals surface area contributed by atoms with E-state index >= 15 is 0 Å². The molecule has 23 heavy (non-hydrogen) atoms. The zero-order valence-corrected chi connectivity index (χ0v) is 13.6. The second-order valence-corrected chi connectivity index (χ2v) is 5.86. The number of methoxy groups -OCH3 is 1. The fourth-order valence-electron chi connectivity index (χ4n) is 2.78. The Labute approximate surface area is 138 Å². The molecule has 118 valence electrons. The van der Waals surface area contributed by atoms with Gasteiger partial charge in [0.15, 0.2) is 0 Å². The Bertz CT molecular complexity index is 671. The van der Waals surface area contributed by atoms with E-state index in [1.807, 2.05) is 12.1 Å². The van der Waals surface area contributed by atoms with Crippen LogP contribution in [0, 0.1) is 0 Å². The van der Waals surface area contributed by atoms with Gasteiger partial charge in [-0.25, -0.2) is 0 Å². The molecule has 2 nitrogen and oxygen atoms in total. The molecule has 1 heterocycles. The lowest BCUT2D eigenvalue weighted by Gasteiger charge is -2.25. The van der Waals surface area contributed by atoms with Crippen molar-refractivity contribution < 1.29 is 4.74 Å². The molecule has 3 rings (SSSR count). The van der Waals surface area contributed by atoms with Gasteiger partial charge in [0, 0.05) is 19.6 Å². The second kappa shape index (κ2) is 7.80. The van der Waals surface area contributed by atoms with E-state index in [2.05, 4.69) is 65.6 Å². The normalized spacial score (nSPS) is 15.6. The highest BCUT2D eigenvalue weighted by Crippen LogP contribution is 2.17. The molecule has 2 aromatic rings. The molecule has 0 atom stereocenters. The topological polar surface area (TPSA) is 12.5 Å². The van der Waals surface area contributed by atoms with Gasteiger partial charge in [0.25, 0.3) is 0 Å². The van der Waals surface area contributed by atoms with E-state index < -0.39 is 0 Å². The lowest BCUT2D eigenvalue weighted by atomic mass is 10.1. The molecule has 0 bridgehead atoms. The van der Waals surface area contributed by atoms with Gasteiger partial charge in [-0.3, -0.25) is 4.90 Å². The van der Waals surface area contributed by atoms with Gasteiger partial charge in [-0.05, 0) is 35.3 Å². The summed E-state index contributed by atoms with van der Waals surface area (Å²) in [6.45, 7) is 3.18. The highest BCUT2D eigenvalue weighted by atomic mass is 16.5. The summed E-state index contributed by atoms with van der Waals surface area (Å²) in [7, 11) is 1.69. The summed E-state index contributed by atoms with van der Waals surface area (Å²) < 4.78 is 5.18. The number of rotatable bonds is 5. The minimum absolute atomic E-state index is 0.899. The molecular formula is C21H23NO. The van der Waals surface area contributed by atoms with Gasteiger partial charge in [0.2, 0.25) is 0 Å². The van der Waals surface area contributed by atoms with Gasteiger partial charge < -0.3 is 4.74 Å². The summed E-state index contributed by atoms with van der Waals surface area (Å²) >= 11 is 0. The molecule has 0 radical (unpaired) electrons. The van der Waals surface area contributed by atoms with Gasteiger partial charge in [-0.2, -0.15) is 0 Å². The Morgan fingerprint density at radius 3 is 2.43 bits per heavy atom. The van der Waals surface area contributed by atoms with Crippen molar-refractivity contribution >= 4 is 6.08 Å². The zero-order chi connectivity index (χ0) is 15.9. The number of nitrogens with zero attached hydrogens (tertiary/aromatic N) is 1. The van der Waals surface area contributed by atoms with Crippen molar-refractivity contribution in [3.05, 3.63) is 83.4 Å². The van der Waals surface area contributed by atoms with Crippen molar-refractivity contribution in [2.45, 2.75) is 13.0 Å². The Kier molecular flexibility index (Phi) is 5.28. The minimum Gasteiger partial charge on any atom is -0.497 e. The molecule has 0 saturated heterocycles. The van der Waals surface area contributed by atoms with E-state index in [0.29, 0.717) is 0 Å². The van der Waals surface area contributed by atoms with Crippen LogP contribution in [0.3, 0.4) is 0 Å². The molecule has 2 aromatic carbocycles. The van der Waals surface area contributed by atoms with Crippen LogP contribution >= 0.6 is 0 Å². The summed E-state index contributed by atoms with van der Waals surface area (Å²) in [5.41, 5.74) is 4.02. The molecule has 0 aromatic heterocycles. The van der Waals surface area contributed by atoms with Gasteiger partial charge in [-0.15, -0.1) is 0 Å². The van der Waals surface area contributed by atoms with Crippen molar-refractivity contribution in [3.63, 3.8) is 0 Å². The Morgan fingerprint density at radius 1 is 1.00 bits per heavy atom.